The smallest absolute Gasteiger partial charge is 0.323 e. The SMILES string of the molecule is CC(C)(C)OC(=O)C1CC(OC(C)(C)C)CN1. The van der Waals surface area contributed by atoms with Gasteiger partial charge < -0.3 is 14.8 Å². The van der Waals surface area contributed by atoms with Crippen molar-refractivity contribution in [2.75, 3.05) is 6.54 Å². The van der Waals surface area contributed by atoms with Crippen LogP contribution in [0.3, 0.4) is 0 Å². The summed E-state index contributed by atoms with van der Waals surface area (Å²) in [6.45, 7) is 12.4. The molecule has 17 heavy (non-hydrogen) atoms. The van der Waals surface area contributed by atoms with E-state index in [0.717, 1.165) is 0 Å². The Bertz CT molecular complexity index is 275. The molecule has 0 aromatic rings. The average Bonchev–Trinajstić information content (AvgIpc) is 2.45. The molecule has 0 aliphatic carbocycles. The lowest BCUT2D eigenvalue weighted by Crippen LogP contribution is -2.37. The standard InChI is InChI=1S/C13H25NO3/c1-12(2,3)16-9-7-10(14-8-9)11(15)17-13(4,5)6/h9-10,14H,7-8H2,1-6H3. The molecule has 4 heteroatoms. The lowest BCUT2D eigenvalue weighted by molar-refractivity contribution is -0.157. The lowest BCUT2D eigenvalue weighted by atomic mass is 10.1. The van der Waals surface area contributed by atoms with Crippen molar-refractivity contribution in [2.24, 2.45) is 0 Å². The largest absolute Gasteiger partial charge is 0.459 e. The van der Waals surface area contributed by atoms with Crippen LogP contribution in [0.4, 0.5) is 0 Å². The van der Waals surface area contributed by atoms with Crippen LogP contribution < -0.4 is 5.32 Å². The van der Waals surface area contributed by atoms with Crippen molar-refractivity contribution in [2.45, 2.75) is 71.3 Å². The van der Waals surface area contributed by atoms with Crippen molar-refractivity contribution in [3.8, 4) is 0 Å². The molecule has 1 N–H and O–H groups in total. The summed E-state index contributed by atoms with van der Waals surface area (Å²) in [6.07, 6.45) is 0.777. The maximum atomic E-state index is 11.8. The Morgan fingerprint density at radius 3 is 2.18 bits per heavy atom. The van der Waals surface area contributed by atoms with Crippen molar-refractivity contribution in [1.82, 2.24) is 5.32 Å². The van der Waals surface area contributed by atoms with Gasteiger partial charge in [-0.3, -0.25) is 4.79 Å². The molecule has 0 bridgehead atoms. The summed E-state index contributed by atoms with van der Waals surface area (Å²) in [5, 5.41) is 3.15. The van der Waals surface area contributed by atoms with E-state index in [1.54, 1.807) is 0 Å². The fourth-order valence-corrected chi connectivity index (χ4v) is 1.85. The Morgan fingerprint density at radius 1 is 1.12 bits per heavy atom. The molecule has 4 nitrogen and oxygen atoms in total. The first-order valence-corrected chi connectivity index (χ1v) is 6.21. The first-order chi connectivity index (χ1) is 7.57. The summed E-state index contributed by atoms with van der Waals surface area (Å²) in [7, 11) is 0. The Hall–Kier alpha value is -0.610. The van der Waals surface area contributed by atoms with Crippen molar-refractivity contribution in [3.05, 3.63) is 0 Å². The predicted octanol–water partition coefficient (Wildman–Crippen LogP) is 1.87. The van der Waals surface area contributed by atoms with Gasteiger partial charge in [0, 0.05) is 13.0 Å². The van der Waals surface area contributed by atoms with Crippen LogP contribution in [-0.2, 0) is 14.3 Å². The number of hydrogen-bond donors (Lipinski definition) is 1. The third-order valence-electron chi connectivity index (χ3n) is 2.30. The van der Waals surface area contributed by atoms with Crippen molar-refractivity contribution < 1.29 is 14.3 Å². The third kappa shape index (κ3) is 5.50. The molecule has 1 aliphatic heterocycles. The molecule has 0 aromatic carbocycles. The van der Waals surface area contributed by atoms with Gasteiger partial charge in [0.2, 0.25) is 0 Å². The highest BCUT2D eigenvalue weighted by Crippen LogP contribution is 2.20. The van der Waals surface area contributed by atoms with Gasteiger partial charge in [-0.05, 0) is 41.5 Å². The van der Waals surface area contributed by atoms with E-state index in [4.69, 9.17) is 9.47 Å². The van der Waals surface area contributed by atoms with E-state index in [1.165, 1.54) is 0 Å². The third-order valence-corrected chi connectivity index (χ3v) is 2.30. The quantitative estimate of drug-likeness (QED) is 0.752. The second-order valence-corrected chi connectivity index (χ2v) is 6.58. The summed E-state index contributed by atoms with van der Waals surface area (Å²) < 4.78 is 11.2. The average molecular weight is 243 g/mol. The number of ether oxygens (including phenoxy) is 2. The van der Waals surface area contributed by atoms with Crippen LogP contribution in [0, 0.1) is 0 Å². The molecule has 0 saturated carbocycles. The summed E-state index contributed by atoms with van der Waals surface area (Å²) in [5.41, 5.74) is -0.600. The second-order valence-electron chi connectivity index (χ2n) is 6.58. The zero-order valence-electron chi connectivity index (χ0n) is 11.8. The molecular weight excluding hydrogens is 218 g/mol. The van der Waals surface area contributed by atoms with Crippen molar-refractivity contribution >= 4 is 5.97 Å². The van der Waals surface area contributed by atoms with Crippen molar-refractivity contribution in [1.29, 1.82) is 0 Å². The molecule has 2 atom stereocenters. The van der Waals surface area contributed by atoms with Crippen molar-refractivity contribution in [3.63, 3.8) is 0 Å². The summed E-state index contributed by atoms with van der Waals surface area (Å²) in [4.78, 5) is 11.8. The molecule has 1 saturated heterocycles. The highest BCUT2D eigenvalue weighted by Gasteiger charge is 2.34. The number of esters is 1. The van der Waals surface area contributed by atoms with Crippen LogP contribution in [0.25, 0.3) is 0 Å². The fourth-order valence-electron chi connectivity index (χ4n) is 1.85. The Morgan fingerprint density at radius 2 is 1.71 bits per heavy atom. The lowest BCUT2D eigenvalue weighted by Gasteiger charge is -2.24. The van der Waals surface area contributed by atoms with E-state index >= 15 is 0 Å². The zero-order chi connectivity index (χ0) is 13.3. The minimum atomic E-state index is -0.429. The monoisotopic (exact) mass is 243 g/mol. The molecule has 0 radical (unpaired) electrons. The molecule has 100 valence electrons. The summed E-state index contributed by atoms with van der Waals surface area (Å²) in [6, 6.07) is -0.235. The fraction of sp³-hybridized carbons (Fsp3) is 0.923. The van der Waals surface area contributed by atoms with Crippen LogP contribution in [0.1, 0.15) is 48.0 Å². The first-order valence-electron chi connectivity index (χ1n) is 6.21. The Labute approximate surface area is 104 Å². The van der Waals surface area contributed by atoms with Crippen LogP contribution in [0.15, 0.2) is 0 Å². The summed E-state index contributed by atoms with van der Waals surface area (Å²) in [5.74, 6) is -0.183. The normalized spacial score (nSPS) is 26.0. The van der Waals surface area contributed by atoms with Gasteiger partial charge in [-0.1, -0.05) is 0 Å². The van der Waals surface area contributed by atoms with Gasteiger partial charge in [0.15, 0.2) is 0 Å². The maximum Gasteiger partial charge on any atom is 0.323 e. The predicted molar refractivity (Wildman–Crippen MR) is 66.9 cm³/mol. The van der Waals surface area contributed by atoms with E-state index < -0.39 is 5.60 Å². The van der Waals surface area contributed by atoms with Gasteiger partial charge in [0.05, 0.1) is 11.7 Å². The maximum absolute atomic E-state index is 11.8. The van der Waals surface area contributed by atoms with Gasteiger partial charge in [0.1, 0.15) is 11.6 Å². The topological polar surface area (TPSA) is 47.6 Å². The molecule has 0 aromatic heterocycles. The minimum Gasteiger partial charge on any atom is -0.459 e. The molecular formula is C13H25NO3. The molecule has 1 heterocycles. The van der Waals surface area contributed by atoms with Gasteiger partial charge in [-0.25, -0.2) is 0 Å². The highest BCUT2D eigenvalue weighted by molar-refractivity contribution is 5.76. The van der Waals surface area contributed by atoms with E-state index in [2.05, 4.69) is 5.32 Å². The van der Waals surface area contributed by atoms with E-state index in [0.29, 0.717) is 13.0 Å². The minimum absolute atomic E-state index is 0.0903. The number of hydrogen-bond acceptors (Lipinski definition) is 4. The summed E-state index contributed by atoms with van der Waals surface area (Å²) >= 11 is 0. The number of carbonyl (C=O) groups excluding carboxylic acids is 1. The molecule has 0 amide bonds. The van der Waals surface area contributed by atoms with Crippen LogP contribution in [0.5, 0.6) is 0 Å². The zero-order valence-corrected chi connectivity index (χ0v) is 11.8. The Kier molecular flexibility index (Phi) is 4.20. The van der Waals surface area contributed by atoms with Crippen LogP contribution >= 0.6 is 0 Å². The second kappa shape index (κ2) is 4.94. The molecule has 1 rings (SSSR count). The Balaban J connectivity index is 2.43. The van der Waals surface area contributed by atoms with Gasteiger partial charge in [-0.2, -0.15) is 0 Å². The molecule has 1 fully saturated rings. The van der Waals surface area contributed by atoms with Gasteiger partial charge >= 0.3 is 5.97 Å². The number of nitrogens with one attached hydrogen (secondary N) is 1. The van der Waals surface area contributed by atoms with E-state index in [1.807, 2.05) is 41.5 Å². The molecule has 0 spiro atoms. The number of carbonyl (C=O) groups is 1. The molecule has 2 unspecified atom stereocenters. The highest BCUT2D eigenvalue weighted by atomic mass is 16.6. The van der Waals surface area contributed by atoms with E-state index in [9.17, 15) is 4.79 Å². The van der Waals surface area contributed by atoms with Crippen LogP contribution in [0.2, 0.25) is 0 Å². The van der Waals surface area contributed by atoms with Crippen LogP contribution in [-0.4, -0.2) is 35.9 Å². The number of rotatable bonds is 2. The van der Waals surface area contributed by atoms with Gasteiger partial charge in [0.25, 0.3) is 0 Å². The van der Waals surface area contributed by atoms with Gasteiger partial charge in [-0.15, -0.1) is 0 Å². The first kappa shape index (κ1) is 14.5. The van der Waals surface area contributed by atoms with E-state index in [-0.39, 0.29) is 23.7 Å². The molecule has 1 aliphatic rings.